The van der Waals surface area contributed by atoms with E-state index < -0.39 is 5.41 Å². The molecule has 0 N–H and O–H groups in total. The van der Waals surface area contributed by atoms with Gasteiger partial charge in [0.05, 0.1) is 5.41 Å². The van der Waals surface area contributed by atoms with Crippen LogP contribution in [-0.4, -0.2) is 0 Å². The summed E-state index contributed by atoms with van der Waals surface area (Å²) in [6, 6.07) is 58.5. The monoisotopic (exact) mass is 553 g/mol. The Kier molecular flexibility index (Phi) is 5.94. The fraction of sp³-hybridized carbons (Fsp3) is 0.0244. The van der Waals surface area contributed by atoms with E-state index in [0.29, 0.717) is 5.39 Å². The Hall–Kier alpha value is -5.47. The molecule has 1 aliphatic carbocycles. The van der Waals surface area contributed by atoms with E-state index >= 15 is 4.39 Å². The van der Waals surface area contributed by atoms with Crippen molar-refractivity contribution in [1.29, 1.82) is 0 Å². The van der Waals surface area contributed by atoms with Gasteiger partial charge < -0.3 is 4.90 Å². The number of rotatable bonds is 5. The van der Waals surface area contributed by atoms with Gasteiger partial charge in [0.2, 0.25) is 0 Å². The van der Waals surface area contributed by atoms with Gasteiger partial charge in [-0.1, -0.05) is 127 Å². The lowest BCUT2D eigenvalue weighted by Gasteiger charge is -2.35. The molecule has 1 nitrogen and oxygen atoms in total. The molecule has 0 bridgehead atoms. The third-order valence-electron chi connectivity index (χ3n) is 8.78. The van der Waals surface area contributed by atoms with Crippen molar-refractivity contribution < 1.29 is 4.39 Å². The molecule has 0 amide bonds. The van der Waals surface area contributed by atoms with Gasteiger partial charge in [-0.15, -0.1) is 0 Å². The molecule has 0 spiro atoms. The van der Waals surface area contributed by atoms with Crippen LogP contribution < -0.4 is 4.90 Å². The maximum Gasteiger partial charge on any atom is 0.131 e. The van der Waals surface area contributed by atoms with Gasteiger partial charge in [0.25, 0.3) is 0 Å². The number of halogens is 1. The summed E-state index contributed by atoms with van der Waals surface area (Å²) in [5.41, 5.74) is 9.04. The Morgan fingerprint density at radius 2 is 0.907 bits per heavy atom. The Morgan fingerprint density at radius 3 is 1.47 bits per heavy atom. The summed E-state index contributed by atoms with van der Waals surface area (Å²) in [5.74, 6) is -0.200. The molecule has 0 atom stereocenters. The molecular weight excluding hydrogens is 525 g/mol. The molecule has 204 valence electrons. The molecular formula is C41H28FN. The molecule has 43 heavy (non-hydrogen) atoms. The standard InChI is InChI=1S/C41H28FN/c42-39-28-38-40(35-24-14-13-23-34(35)39)36-26-25-33(43(31-19-9-3-10-20-31)32-21-11-4-12-22-32)27-37(36)41(38,29-15-5-1-6-16-29)30-17-7-2-8-18-30/h1-28H. The van der Waals surface area contributed by atoms with Crippen molar-refractivity contribution in [2.45, 2.75) is 5.41 Å². The summed E-state index contributed by atoms with van der Waals surface area (Å²) < 4.78 is 16.1. The zero-order valence-corrected chi connectivity index (χ0v) is 23.5. The number of hydrogen-bond donors (Lipinski definition) is 0. The third kappa shape index (κ3) is 3.84. The molecule has 0 unspecified atom stereocenters. The van der Waals surface area contributed by atoms with E-state index in [1.807, 2.05) is 42.5 Å². The van der Waals surface area contributed by atoms with Gasteiger partial charge in [0, 0.05) is 22.4 Å². The predicted molar refractivity (Wildman–Crippen MR) is 176 cm³/mol. The number of hydrogen-bond acceptors (Lipinski definition) is 1. The Labute approximate surface area is 251 Å². The normalized spacial score (nSPS) is 13.0. The fourth-order valence-corrected chi connectivity index (χ4v) is 7.03. The average Bonchev–Trinajstić information content (AvgIpc) is 3.37. The predicted octanol–water partition coefficient (Wildman–Crippen LogP) is 10.8. The lowest BCUT2D eigenvalue weighted by Crippen LogP contribution is -2.29. The van der Waals surface area contributed by atoms with E-state index in [1.165, 1.54) is 0 Å². The molecule has 0 radical (unpaired) electrons. The van der Waals surface area contributed by atoms with Crippen LogP contribution in [0.1, 0.15) is 22.3 Å². The summed E-state index contributed by atoms with van der Waals surface area (Å²) in [4.78, 5) is 2.29. The largest absolute Gasteiger partial charge is 0.310 e. The molecule has 0 heterocycles. The molecule has 0 saturated heterocycles. The molecule has 2 heteroatoms. The second-order valence-electron chi connectivity index (χ2n) is 11.0. The lowest BCUT2D eigenvalue weighted by atomic mass is 9.67. The van der Waals surface area contributed by atoms with E-state index in [0.717, 1.165) is 55.8 Å². The van der Waals surface area contributed by atoms with Crippen LogP contribution in [0.25, 0.3) is 21.9 Å². The van der Waals surface area contributed by atoms with Crippen molar-refractivity contribution in [3.8, 4) is 11.1 Å². The zero-order chi connectivity index (χ0) is 28.8. The molecule has 0 saturated carbocycles. The van der Waals surface area contributed by atoms with Gasteiger partial charge >= 0.3 is 0 Å². The smallest absolute Gasteiger partial charge is 0.131 e. The van der Waals surface area contributed by atoms with Crippen LogP contribution in [0.5, 0.6) is 0 Å². The second-order valence-corrected chi connectivity index (χ2v) is 11.0. The van der Waals surface area contributed by atoms with Crippen molar-refractivity contribution in [2.24, 2.45) is 0 Å². The van der Waals surface area contributed by atoms with E-state index in [9.17, 15) is 0 Å². The first-order valence-corrected chi connectivity index (χ1v) is 14.6. The molecule has 0 aliphatic heterocycles. The molecule has 0 aromatic heterocycles. The van der Waals surface area contributed by atoms with Crippen molar-refractivity contribution in [1.82, 2.24) is 0 Å². The van der Waals surface area contributed by atoms with Crippen LogP contribution in [-0.2, 0) is 5.41 Å². The van der Waals surface area contributed by atoms with E-state index in [-0.39, 0.29) is 5.82 Å². The number of para-hydroxylation sites is 2. The molecule has 0 fully saturated rings. The summed E-state index contributed by atoms with van der Waals surface area (Å²) in [6.45, 7) is 0. The van der Waals surface area contributed by atoms with Gasteiger partial charge in [-0.2, -0.15) is 0 Å². The van der Waals surface area contributed by atoms with Gasteiger partial charge in [-0.25, -0.2) is 4.39 Å². The number of benzene rings is 7. The quantitative estimate of drug-likeness (QED) is 0.205. The van der Waals surface area contributed by atoms with Gasteiger partial charge in [0.1, 0.15) is 5.82 Å². The summed E-state index contributed by atoms with van der Waals surface area (Å²) in [7, 11) is 0. The first-order valence-electron chi connectivity index (χ1n) is 14.6. The summed E-state index contributed by atoms with van der Waals surface area (Å²) in [5, 5.41) is 1.58. The van der Waals surface area contributed by atoms with Crippen LogP contribution in [0.2, 0.25) is 0 Å². The van der Waals surface area contributed by atoms with Crippen molar-refractivity contribution >= 4 is 27.8 Å². The lowest BCUT2D eigenvalue weighted by molar-refractivity contribution is 0.633. The molecule has 7 aromatic rings. The van der Waals surface area contributed by atoms with E-state index in [4.69, 9.17) is 0 Å². The molecule has 1 aliphatic rings. The minimum atomic E-state index is -0.715. The van der Waals surface area contributed by atoms with Crippen LogP contribution in [0.4, 0.5) is 21.5 Å². The van der Waals surface area contributed by atoms with Gasteiger partial charge in [0.15, 0.2) is 0 Å². The molecule has 8 rings (SSSR count). The third-order valence-corrected chi connectivity index (χ3v) is 8.78. The first kappa shape index (κ1) is 25.3. The van der Waals surface area contributed by atoms with Gasteiger partial charge in [-0.05, 0) is 81.2 Å². The summed E-state index contributed by atoms with van der Waals surface area (Å²) >= 11 is 0. The second kappa shape index (κ2) is 10.1. The number of fused-ring (bicyclic) bond motifs is 5. The van der Waals surface area contributed by atoms with Crippen molar-refractivity contribution in [3.63, 3.8) is 0 Å². The van der Waals surface area contributed by atoms with Crippen LogP contribution in [0.15, 0.2) is 170 Å². The van der Waals surface area contributed by atoms with Crippen LogP contribution >= 0.6 is 0 Å². The van der Waals surface area contributed by atoms with E-state index in [2.05, 4.69) is 126 Å². The fourth-order valence-electron chi connectivity index (χ4n) is 7.03. The highest BCUT2D eigenvalue weighted by atomic mass is 19.1. The van der Waals surface area contributed by atoms with Crippen LogP contribution in [0, 0.1) is 5.82 Å². The topological polar surface area (TPSA) is 3.24 Å². The molecule has 7 aromatic carbocycles. The highest BCUT2D eigenvalue weighted by Gasteiger charge is 2.47. The Morgan fingerprint density at radius 1 is 0.419 bits per heavy atom. The highest BCUT2D eigenvalue weighted by molar-refractivity contribution is 6.04. The highest BCUT2D eigenvalue weighted by Crippen LogP contribution is 2.59. The Bertz CT molecular complexity index is 1990. The number of nitrogens with zero attached hydrogens (tertiary/aromatic N) is 1. The Balaban J connectivity index is 1.51. The van der Waals surface area contributed by atoms with Crippen molar-refractivity contribution in [3.05, 3.63) is 198 Å². The van der Waals surface area contributed by atoms with Gasteiger partial charge in [-0.3, -0.25) is 0 Å². The SMILES string of the molecule is Fc1cc2c(c3ccccc13)-c1ccc(N(c3ccccc3)c3ccccc3)cc1C2(c1ccccc1)c1ccccc1. The maximum absolute atomic E-state index is 16.1. The minimum absolute atomic E-state index is 0.200. The van der Waals surface area contributed by atoms with E-state index in [1.54, 1.807) is 6.07 Å². The number of anilines is 3. The summed E-state index contributed by atoms with van der Waals surface area (Å²) in [6.07, 6.45) is 0. The zero-order valence-electron chi connectivity index (χ0n) is 23.5. The minimum Gasteiger partial charge on any atom is -0.310 e. The average molecular weight is 554 g/mol. The van der Waals surface area contributed by atoms with Crippen LogP contribution in [0.3, 0.4) is 0 Å². The first-order chi connectivity index (χ1) is 21.3. The maximum atomic E-state index is 16.1. The van der Waals surface area contributed by atoms with Crippen molar-refractivity contribution in [2.75, 3.05) is 4.90 Å².